The summed E-state index contributed by atoms with van der Waals surface area (Å²) in [5.74, 6) is 1.20. The molecule has 0 radical (unpaired) electrons. The van der Waals surface area contributed by atoms with Crippen molar-refractivity contribution < 1.29 is 9.53 Å². The van der Waals surface area contributed by atoms with Gasteiger partial charge in [0, 0.05) is 18.1 Å². The van der Waals surface area contributed by atoms with E-state index in [1.807, 2.05) is 60.5 Å². The Bertz CT molecular complexity index is 718. The molecule has 132 valence electrons. The fourth-order valence-corrected chi connectivity index (χ4v) is 3.28. The highest BCUT2D eigenvalue weighted by Crippen LogP contribution is 2.25. The van der Waals surface area contributed by atoms with Gasteiger partial charge in [-0.15, -0.1) is 0 Å². The molecule has 0 spiro atoms. The number of carbonyl (C=O) groups is 1. The topological polar surface area (TPSA) is 41.6 Å². The summed E-state index contributed by atoms with van der Waals surface area (Å²) in [5, 5.41) is 3.89. The van der Waals surface area contributed by atoms with Crippen LogP contribution in [0, 0.1) is 5.92 Å². The number of likely N-dealkylation sites (tertiary alicyclic amines) is 1. The molecule has 2 aromatic rings. The van der Waals surface area contributed by atoms with E-state index >= 15 is 0 Å². The van der Waals surface area contributed by atoms with Crippen LogP contribution in [0.15, 0.2) is 48.5 Å². The van der Waals surface area contributed by atoms with Gasteiger partial charge in [0.2, 0.25) is 0 Å². The first-order chi connectivity index (χ1) is 12.2. The van der Waals surface area contributed by atoms with Crippen molar-refractivity contribution in [3.05, 3.63) is 64.7 Å². The molecule has 1 N–H and O–H groups in total. The third kappa shape index (κ3) is 4.53. The van der Waals surface area contributed by atoms with Gasteiger partial charge < -0.3 is 15.0 Å². The maximum atomic E-state index is 12.9. The highest BCUT2D eigenvalue weighted by Gasteiger charge is 2.27. The molecule has 0 aliphatic carbocycles. The first-order valence-electron chi connectivity index (χ1n) is 8.57. The molecule has 4 nitrogen and oxygen atoms in total. The van der Waals surface area contributed by atoms with Crippen LogP contribution in [0.2, 0.25) is 5.02 Å². The number of carbonyl (C=O) groups excluding carboxylic acids is 1. The van der Waals surface area contributed by atoms with E-state index in [1.54, 1.807) is 0 Å². The average molecular weight is 359 g/mol. The highest BCUT2D eigenvalue weighted by atomic mass is 35.5. The standard InChI is InChI=1S/C20H23ClN2O2/c1-22-12-16-10-11-23(13-16)20(24)18-4-2-3-5-19(18)25-14-15-6-8-17(21)9-7-15/h2-9,16,22H,10-14H2,1H3/t16-/m0/s1. The van der Waals surface area contributed by atoms with Crippen molar-refractivity contribution in [3.8, 4) is 5.75 Å². The van der Waals surface area contributed by atoms with Gasteiger partial charge >= 0.3 is 0 Å². The molecule has 0 bridgehead atoms. The Morgan fingerprint density at radius 1 is 1.24 bits per heavy atom. The van der Waals surface area contributed by atoms with Gasteiger partial charge in [-0.3, -0.25) is 4.79 Å². The Morgan fingerprint density at radius 2 is 2.00 bits per heavy atom. The largest absolute Gasteiger partial charge is 0.488 e. The molecule has 25 heavy (non-hydrogen) atoms. The van der Waals surface area contributed by atoms with Gasteiger partial charge in [-0.1, -0.05) is 35.9 Å². The third-order valence-corrected chi connectivity index (χ3v) is 4.74. The summed E-state index contributed by atoms with van der Waals surface area (Å²) in [5.41, 5.74) is 1.64. The Hall–Kier alpha value is -2.04. The first-order valence-corrected chi connectivity index (χ1v) is 8.95. The van der Waals surface area contributed by atoms with Crippen LogP contribution in [0.4, 0.5) is 0 Å². The zero-order chi connectivity index (χ0) is 17.6. The number of halogens is 1. The zero-order valence-corrected chi connectivity index (χ0v) is 15.1. The maximum Gasteiger partial charge on any atom is 0.257 e. The summed E-state index contributed by atoms with van der Waals surface area (Å²) in [7, 11) is 1.95. The summed E-state index contributed by atoms with van der Waals surface area (Å²) >= 11 is 5.91. The van der Waals surface area contributed by atoms with E-state index in [0.717, 1.165) is 31.6 Å². The number of nitrogens with one attached hydrogen (secondary N) is 1. The molecule has 1 fully saturated rings. The van der Waals surface area contributed by atoms with Gasteiger partial charge in [0.05, 0.1) is 5.56 Å². The van der Waals surface area contributed by atoms with Crippen LogP contribution in [-0.2, 0) is 6.61 Å². The Morgan fingerprint density at radius 3 is 2.76 bits per heavy atom. The van der Waals surface area contributed by atoms with Gasteiger partial charge in [0.1, 0.15) is 12.4 Å². The van der Waals surface area contributed by atoms with Crippen LogP contribution >= 0.6 is 11.6 Å². The minimum absolute atomic E-state index is 0.0466. The van der Waals surface area contributed by atoms with Gasteiger partial charge in [0.25, 0.3) is 5.91 Å². The molecule has 0 unspecified atom stereocenters. The quantitative estimate of drug-likeness (QED) is 0.857. The Kier molecular flexibility index (Phi) is 5.95. The van der Waals surface area contributed by atoms with Gasteiger partial charge in [-0.2, -0.15) is 0 Å². The fraction of sp³-hybridized carbons (Fsp3) is 0.350. The second kappa shape index (κ2) is 8.37. The molecular formula is C20H23ClN2O2. The van der Waals surface area contributed by atoms with E-state index in [4.69, 9.17) is 16.3 Å². The van der Waals surface area contributed by atoms with Gasteiger partial charge in [0.15, 0.2) is 0 Å². The van der Waals surface area contributed by atoms with E-state index in [-0.39, 0.29) is 5.91 Å². The summed E-state index contributed by atoms with van der Waals surface area (Å²) in [4.78, 5) is 14.8. The van der Waals surface area contributed by atoms with Gasteiger partial charge in [-0.25, -0.2) is 0 Å². The minimum Gasteiger partial charge on any atom is -0.488 e. The number of para-hydroxylation sites is 1. The number of nitrogens with zero attached hydrogens (tertiary/aromatic N) is 1. The summed E-state index contributed by atoms with van der Waals surface area (Å²) in [6, 6.07) is 15.0. The van der Waals surface area contributed by atoms with Crippen molar-refractivity contribution in [3.63, 3.8) is 0 Å². The molecule has 0 saturated carbocycles. The fourth-order valence-electron chi connectivity index (χ4n) is 3.15. The number of hydrogen-bond acceptors (Lipinski definition) is 3. The molecule has 0 aromatic heterocycles. The lowest BCUT2D eigenvalue weighted by Crippen LogP contribution is -2.30. The van der Waals surface area contributed by atoms with E-state index in [2.05, 4.69) is 5.32 Å². The summed E-state index contributed by atoms with van der Waals surface area (Å²) in [6.07, 6.45) is 1.04. The molecular weight excluding hydrogens is 336 g/mol. The van der Waals surface area contributed by atoms with E-state index in [0.29, 0.717) is 28.9 Å². The van der Waals surface area contributed by atoms with Crippen LogP contribution in [0.25, 0.3) is 0 Å². The third-order valence-electron chi connectivity index (χ3n) is 4.49. The predicted molar refractivity (Wildman–Crippen MR) is 100 cm³/mol. The molecule has 5 heteroatoms. The number of hydrogen-bond donors (Lipinski definition) is 1. The van der Waals surface area contributed by atoms with Crippen molar-refractivity contribution >= 4 is 17.5 Å². The van der Waals surface area contributed by atoms with E-state index < -0.39 is 0 Å². The van der Waals surface area contributed by atoms with Crippen LogP contribution in [0.3, 0.4) is 0 Å². The van der Waals surface area contributed by atoms with Crippen LogP contribution in [0.1, 0.15) is 22.3 Å². The minimum atomic E-state index is 0.0466. The van der Waals surface area contributed by atoms with E-state index in [9.17, 15) is 4.79 Å². The van der Waals surface area contributed by atoms with Crippen molar-refractivity contribution in [1.29, 1.82) is 0 Å². The van der Waals surface area contributed by atoms with Crippen molar-refractivity contribution in [1.82, 2.24) is 10.2 Å². The lowest BCUT2D eigenvalue weighted by Gasteiger charge is -2.19. The lowest BCUT2D eigenvalue weighted by atomic mass is 10.1. The van der Waals surface area contributed by atoms with E-state index in [1.165, 1.54) is 0 Å². The lowest BCUT2D eigenvalue weighted by molar-refractivity contribution is 0.0782. The van der Waals surface area contributed by atoms with Crippen LogP contribution in [0.5, 0.6) is 5.75 Å². The van der Waals surface area contributed by atoms with Crippen LogP contribution < -0.4 is 10.1 Å². The van der Waals surface area contributed by atoms with Gasteiger partial charge in [-0.05, 0) is 55.8 Å². The number of amides is 1. The first kappa shape index (κ1) is 17.8. The Labute approximate surface area is 153 Å². The molecule has 1 atom stereocenters. The predicted octanol–water partition coefficient (Wildman–Crippen LogP) is 3.60. The SMILES string of the molecule is CNC[C@@H]1CCN(C(=O)c2ccccc2OCc2ccc(Cl)cc2)C1. The normalized spacial score (nSPS) is 16.9. The smallest absolute Gasteiger partial charge is 0.257 e. The number of ether oxygens (including phenoxy) is 1. The number of rotatable bonds is 6. The second-order valence-electron chi connectivity index (χ2n) is 6.37. The van der Waals surface area contributed by atoms with Crippen LogP contribution in [-0.4, -0.2) is 37.5 Å². The summed E-state index contributed by atoms with van der Waals surface area (Å²) in [6.45, 7) is 2.95. The molecule has 1 amide bonds. The number of benzene rings is 2. The van der Waals surface area contributed by atoms with Crippen molar-refractivity contribution in [2.75, 3.05) is 26.7 Å². The molecule has 1 heterocycles. The molecule has 1 aliphatic rings. The molecule has 2 aromatic carbocycles. The zero-order valence-electron chi connectivity index (χ0n) is 14.4. The molecule has 3 rings (SSSR count). The highest BCUT2D eigenvalue weighted by molar-refractivity contribution is 6.30. The monoisotopic (exact) mass is 358 g/mol. The van der Waals surface area contributed by atoms with Crippen molar-refractivity contribution in [2.45, 2.75) is 13.0 Å². The average Bonchev–Trinajstić information content (AvgIpc) is 3.10. The Balaban J connectivity index is 1.68. The summed E-state index contributed by atoms with van der Waals surface area (Å²) < 4.78 is 5.92. The molecule has 1 saturated heterocycles. The van der Waals surface area contributed by atoms with Crippen molar-refractivity contribution in [2.24, 2.45) is 5.92 Å². The maximum absolute atomic E-state index is 12.9. The molecule has 1 aliphatic heterocycles. The second-order valence-corrected chi connectivity index (χ2v) is 6.81.